The summed E-state index contributed by atoms with van der Waals surface area (Å²) in [6.07, 6.45) is 0.684. The van der Waals surface area contributed by atoms with Crippen LogP contribution in [0.25, 0.3) is 16.0 Å². The van der Waals surface area contributed by atoms with Crippen molar-refractivity contribution in [1.29, 1.82) is 0 Å². The summed E-state index contributed by atoms with van der Waals surface area (Å²) in [4.78, 5) is 32.5. The maximum absolute atomic E-state index is 13.8. The van der Waals surface area contributed by atoms with Crippen molar-refractivity contribution < 1.29 is 23.8 Å². The van der Waals surface area contributed by atoms with Crippen molar-refractivity contribution in [2.24, 2.45) is 0 Å². The Morgan fingerprint density at radius 1 is 1.17 bits per heavy atom. The molecule has 36 heavy (non-hydrogen) atoms. The highest BCUT2D eigenvalue weighted by molar-refractivity contribution is 7.22. The Hall–Kier alpha value is -3.75. The van der Waals surface area contributed by atoms with E-state index < -0.39 is 23.5 Å². The van der Waals surface area contributed by atoms with Gasteiger partial charge in [0.15, 0.2) is 5.13 Å². The maximum atomic E-state index is 13.8. The lowest BCUT2D eigenvalue weighted by Crippen LogP contribution is -2.29. The molecule has 1 saturated heterocycles. The van der Waals surface area contributed by atoms with Gasteiger partial charge in [-0.3, -0.25) is 14.5 Å². The Balaban J connectivity index is 1.54. The molecule has 180 valence electrons. The van der Waals surface area contributed by atoms with Crippen molar-refractivity contribution in [1.82, 2.24) is 4.98 Å². The summed E-state index contributed by atoms with van der Waals surface area (Å²) in [5, 5.41) is 12.0. The molecule has 3 aromatic carbocycles. The molecule has 9 heteroatoms. The van der Waals surface area contributed by atoms with E-state index in [4.69, 9.17) is 16.3 Å². The van der Waals surface area contributed by atoms with E-state index in [0.29, 0.717) is 32.8 Å². The summed E-state index contributed by atoms with van der Waals surface area (Å²) in [6, 6.07) is 15.1. The molecule has 1 amide bonds. The number of fused-ring (bicyclic) bond motifs is 2. The van der Waals surface area contributed by atoms with Gasteiger partial charge in [-0.25, -0.2) is 9.37 Å². The molecule has 1 fully saturated rings. The van der Waals surface area contributed by atoms with Gasteiger partial charge in [-0.2, -0.15) is 0 Å². The second kappa shape index (κ2) is 8.43. The number of ketones is 1. The Bertz CT molecular complexity index is 1610. The fourth-order valence-corrected chi connectivity index (χ4v) is 5.95. The molecule has 4 aromatic rings. The molecule has 2 aliphatic rings. The Labute approximate surface area is 214 Å². The SMILES string of the molecule is C[C@@H]1Cc2cc(/C(O)=C3\C(=O)C(=O)N(c4nc5ccc(F)cc5s4)[C@@H]3c3cccc(Cl)c3)ccc2O1. The van der Waals surface area contributed by atoms with Crippen LogP contribution >= 0.6 is 22.9 Å². The number of carbonyl (C=O) groups excluding carboxylic acids is 2. The summed E-state index contributed by atoms with van der Waals surface area (Å²) >= 11 is 7.35. The normalized spacial score (nSPS) is 20.7. The van der Waals surface area contributed by atoms with Crippen LogP contribution in [0.5, 0.6) is 5.75 Å². The zero-order valence-corrected chi connectivity index (χ0v) is 20.4. The van der Waals surface area contributed by atoms with Gasteiger partial charge in [0, 0.05) is 17.0 Å². The number of aliphatic hydroxyl groups is 1. The number of hydrogen-bond donors (Lipinski definition) is 1. The molecule has 0 bridgehead atoms. The zero-order chi connectivity index (χ0) is 25.1. The summed E-state index contributed by atoms with van der Waals surface area (Å²) in [6.45, 7) is 1.95. The first kappa shape index (κ1) is 22.7. The van der Waals surface area contributed by atoms with Gasteiger partial charge >= 0.3 is 5.91 Å². The number of hydrogen-bond acceptors (Lipinski definition) is 6. The standard InChI is InChI=1S/C27H18ClFN2O4S/c1-13-9-16-10-15(5-8-20(16)35-13)24(32)22-23(14-3-2-4-17(28)11-14)31(26(34)25(22)33)27-30-19-7-6-18(29)12-21(19)36-27/h2-8,10-13,23,32H,9H2,1H3/b24-22+/t13-,23-/m1/s1. The summed E-state index contributed by atoms with van der Waals surface area (Å²) in [5.41, 5.74) is 2.28. The predicted octanol–water partition coefficient (Wildman–Crippen LogP) is 6.04. The molecule has 2 atom stereocenters. The molecule has 0 unspecified atom stereocenters. The second-order valence-electron chi connectivity index (χ2n) is 8.79. The van der Waals surface area contributed by atoms with Gasteiger partial charge in [-0.05, 0) is 66.6 Å². The van der Waals surface area contributed by atoms with E-state index in [1.54, 1.807) is 42.5 Å². The molecular weight excluding hydrogens is 503 g/mol. The number of rotatable bonds is 3. The molecule has 2 aliphatic heterocycles. The molecule has 3 heterocycles. The number of halogens is 2. The van der Waals surface area contributed by atoms with Crippen LogP contribution in [0.3, 0.4) is 0 Å². The fourth-order valence-electron chi connectivity index (χ4n) is 4.74. The van der Waals surface area contributed by atoms with Crippen molar-refractivity contribution >= 4 is 55.7 Å². The van der Waals surface area contributed by atoms with Crippen LogP contribution in [0.15, 0.2) is 66.2 Å². The summed E-state index contributed by atoms with van der Waals surface area (Å²) in [5.74, 6) is -1.67. The molecule has 6 rings (SSSR count). The highest BCUT2D eigenvalue weighted by Gasteiger charge is 2.48. The monoisotopic (exact) mass is 520 g/mol. The lowest BCUT2D eigenvalue weighted by atomic mass is 9.94. The number of nitrogens with zero attached hydrogens (tertiary/aromatic N) is 2. The third-order valence-corrected chi connectivity index (χ3v) is 7.58. The first-order chi connectivity index (χ1) is 17.3. The van der Waals surface area contributed by atoms with E-state index >= 15 is 0 Å². The van der Waals surface area contributed by atoms with E-state index in [0.717, 1.165) is 22.6 Å². The first-order valence-corrected chi connectivity index (χ1v) is 12.4. The van der Waals surface area contributed by atoms with Gasteiger partial charge in [0.25, 0.3) is 5.78 Å². The smallest absolute Gasteiger partial charge is 0.301 e. The Morgan fingerprint density at radius 2 is 2.00 bits per heavy atom. The average Bonchev–Trinajstić information content (AvgIpc) is 3.50. The van der Waals surface area contributed by atoms with Crippen LogP contribution in [-0.4, -0.2) is 27.9 Å². The number of thiazole rings is 1. The zero-order valence-electron chi connectivity index (χ0n) is 18.9. The number of aliphatic hydroxyl groups excluding tert-OH is 1. The summed E-state index contributed by atoms with van der Waals surface area (Å²) in [7, 11) is 0. The minimum absolute atomic E-state index is 0.0123. The topological polar surface area (TPSA) is 79.7 Å². The van der Waals surface area contributed by atoms with Crippen molar-refractivity contribution in [3.63, 3.8) is 0 Å². The minimum atomic E-state index is -0.975. The van der Waals surface area contributed by atoms with Gasteiger partial charge < -0.3 is 9.84 Å². The number of amides is 1. The van der Waals surface area contributed by atoms with E-state index in [-0.39, 0.29) is 22.6 Å². The van der Waals surface area contributed by atoms with E-state index in [1.165, 1.54) is 23.1 Å². The second-order valence-corrected chi connectivity index (χ2v) is 10.2. The van der Waals surface area contributed by atoms with Crippen LogP contribution in [0.2, 0.25) is 5.02 Å². The van der Waals surface area contributed by atoms with Crippen LogP contribution in [0.1, 0.15) is 29.7 Å². The lowest BCUT2D eigenvalue weighted by Gasteiger charge is -2.23. The first-order valence-electron chi connectivity index (χ1n) is 11.2. The number of benzene rings is 3. The largest absolute Gasteiger partial charge is 0.507 e. The Kier molecular flexibility index (Phi) is 5.31. The maximum Gasteiger partial charge on any atom is 0.301 e. The van der Waals surface area contributed by atoms with Crippen LogP contribution < -0.4 is 9.64 Å². The Morgan fingerprint density at radius 3 is 2.81 bits per heavy atom. The van der Waals surface area contributed by atoms with Gasteiger partial charge in [0.05, 0.1) is 21.8 Å². The van der Waals surface area contributed by atoms with Crippen molar-refractivity contribution in [3.05, 3.63) is 93.8 Å². The lowest BCUT2D eigenvalue weighted by molar-refractivity contribution is -0.132. The van der Waals surface area contributed by atoms with Gasteiger partial charge in [-0.1, -0.05) is 35.1 Å². The van der Waals surface area contributed by atoms with Crippen molar-refractivity contribution in [2.75, 3.05) is 4.90 Å². The highest BCUT2D eigenvalue weighted by Crippen LogP contribution is 2.45. The molecule has 0 radical (unpaired) electrons. The fraction of sp³-hybridized carbons (Fsp3) is 0.148. The number of Topliss-reactive ketones (excluding diaryl/α,β-unsaturated/α-hetero) is 1. The molecule has 0 aliphatic carbocycles. The van der Waals surface area contributed by atoms with Crippen LogP contribution in [0, 0.1) is 5.82 Å². The van der Waals surface area contributed by atoms with Gasteiger partial charge in [-0.15, -0.1) is 0 Å². The minimum Gasteiger partial charge on any atom is -0.507 e. The van der Waals surface area contributed by atoms with Crippen LogP contribution in [-0.2, 0) is 16.0 Å². The molecule has 0 spiro atoms. The van der Waals surface area contributed by atoms with E-state index in [1.807, 2.05) is 6.92 Å². The average molecular weight is 521 g/mol. The third-order valence-electron chi connectivity index (χ3n) is 6.32. The number of ether oxygens (including phenoxy) is 1. The van der Waals surface area contributed by atoms with E-state index in [2.05, 4.69) is 4.98 Å². The number of anilines is 1. The molecular formula is C27H18ClFN2O4S. The molecule has 1 aromatic heterocycles. The van der Waals surface area contributed by atoms with Crippen LogP contribution in [0.4, 0.5) is 9.52 Å². The quantitative estimate of drug-likeness (QED) is 0.202. The van der Waals surface area contributed by atoms with Gasteiger partial charge in [0.1, 0.15) is 23.4 Å². The van der Waals surface area contributed by atoms with Crippen molar-refractivity contribution in [2.45, 2.75) is 25.5 Å². The number of aromatic nitrogens is 1. The van der Waals surface area contributed by atoms with Crippen molar-refractivity contribution in [3.8, 4) is 5.75 Å². The predicted molar refractivity (Wildman–Crippen MR) is 136 cm³/mol. The molecule has 6 nitrogen and oxygen atoms in total. The number of carbonyl (C=O) groups is 2. The van der Waals surface area contributed by atoms with Gasteiger partial charge in [0.2, 0.25) is 0 Å². The third kappa shape index (κ3) is 3.65. The molecule has 0 saturated carbocycles. The summed E-state index contributed by atoms with van der Waals surface area (Å²) < 4.78 is 20.1. The molecule has 1 N–H and O–H groups in total. The highest BCUT2D eigenvalue weighted by atomic mass is 35.5. The van der Waals surface area contributed by atoms with E-state index in [9.17, 15) is 19.1 Å².